The molecule has 1 unspecified atom stereocenters. The van der Waals surface area contributed by atoms with Crippen LogP contribution in [-0.4, -0.2) is 35.9 Å². The van der Waals surface area contributed by atoms with E-state index in [1.54, 1.807) is 55.6 Å². The lowest BCUT2D eigenvalue weighted by atomic mass is 9.94. The summed E-state index contributed by atoms with van der Waals surface area (Å²) in [5, 5.41) is 13.5. The number of carbonyl (C=O) groups is 2. The minimum Gasteiger partial charge on any atom is -0.503 e. The molecule has 0 fully saturated rings. The zero-order chi connectivity index (χ0) is 23.8. The summed E-state index contributed by atoms with van der Waals surface area (Å²) in [6.07, 6.45) is 0. The van der Waals surface area contributed by atoms with Crippen LogP contribution in [0.1, 0.15) is 27.0 Å². The molecule has 1 aliphatic rings. The van der Waals surface area contributed by atoms with Crippen molar-refractivity contribution in [3.8, 4) is 11.5 Å². The Morgan fingerprint density at radius 2 is 1.91 bits per heavy atom. The van der Waals surface area contributed by atoms with E-state index < -0.39 is 23.5 Å². The highest BCUT2D eigenvalue weighted by atomic mass is 32.1. The third-order valence-electron chi connectivity index (χ3n) is 5.82. The number of ether oxygens (including phenoxy) is 2. The SMILES string of the molecule is COc1cccc(C2C(C(=O)c3cc4cccc(OC)c4o3)=C(O)C(=O)N2Cc2cccs2)c1. The van der Waals surface area contributed by atoms with E-state index in [0.29, 0.717) is 28.0 Å². The number of para-hydroxylation sites is 1. The van der Waals surface area contributed by atoms with E-state index in [-0.39, 0.29) is 17.9 Å². The van der Waals surface area contributed by atoms with Gasteiger partial charge in [0.1, 0.15) is 5.75 Å². The molecule has 0 radical (unpaired) electrons. The molecule has 0 saturated heterocycles. The number of ketones is 1. The van der Waals surface area contributed by atoms with E-state index >= 15 is 0 Å². The van der Waals surface area contributed by atoms with Crippen molar-refractivity contribution in [3.63, 3.8) is 0 Å². The molecular formula is C26H21NO6S. The predicted molar refractivity (Wildman–Crippen MR) is 127 cm³/mol. The number of thiophene rings is 1. The summed E-state index contributed by atoms with van der Waals surface area (Å²) < 4.78 is 16.5. The fourth-order valence-corrected chi connectivity index (χ4v) is 4.92. The first-order valence-electron chi connectivity index (χ1n) is 10.5. The lowest BCUT2D eigenvalue weighted by Gasteiger charge is -2.26. The van der Waals surface area contributed by atoms with Gasteiger partial charge in [-0.2, -0.15) is 0 Å². The monoisotopic (exact) mass is 475 g/mol. The molecule has 1 aliphatic heterocycles. The Kier molecular flexibility index (Phi) is 5.59. The smallest absolute Gasteiger partial charge is 0.290 e. The molecule has 7 nitrogen and oxygen atoms in total. The molecule has 4 aromatic rings. The molecule has 1 amide bonds. The van der Waals surface area contributed by atoms with Crippen LogP contribution in [-0.2, 0) is 11.3 Å². The van der Waals surface area contributed by atoms with Gasteiger partial charge in [-0.15, -0.1) is 11.3 Å². The zero-order valence-electron chi connectivity index (χ0n) is 18.5. The minimum absolute atomic E-state index is 0.0136. The number of benzene rings is 2. The molecule has 1 N–H and O–H groups in total. The van der Waals surface area contributed by atoms with E-state index in [1.807, 2.05) is 17.5 Å². The van der Waals surface area contributed by atoms with Crippen LogP contribution >= 0.6 is 11.3 Å². The number of aliphatic hydroxyl groups excluding tert-OH is 1. The van der Waals surface area contributed by atoms with Crippen LogP contribution in [0.5, 0.6) is 11.5 Å². The van der Waals surface area contributed by atoms with E-state index in [1.165, 1.54) is 23.3 Å². The molecule has 1 atom stereocenters. The van der Waals surface area contributed by atoms with Gasteiger partial charge in [0.25, 0.3) is 5.91 Å². The number of hydrogen-bond donors (Lipinski definition) is 1. The van der Waals surface area contributed by atoms with Crippen molar-refractivity contribution in [2.75, 3.05) is 14.2 Å². The van der Waals surface area contributed by atoms with Gasteiger partial charge in [-0.1, -0.05) is 30.3 Å². The molecule has 34 heavy (non-hydrogen) atoms. The van der Waals surface area contributed by atoms with Crippen molar-refractivity contribution >= 4 is 34.0 Å². The summed E-state index contributed by atoms with van der Waals surface area (Å²) in [6.45, 7) is 0.243. The first-order chi connectivity index (χ1) is 16.5. The Morgan fingerprint density at radius 1 is 1.09 bits per heavy atom. The van der Waals surface area contributed by atoms with Crippen LogP contribution < -0.4 is 9.47 Å². The normalized spacial score (nSPS) is 15.9. The van der Waals surface area contributed by atoms with Gasteiger partial charge in [0.2, 0.25) is 5.78 Å². The highest BCUT2D eigenvalue weighted by Gasteiger charge is 2.44. The molecule has 0 bridgehead atoms. The van der Waals surface area contributed by atoms with E-state index in [9.17, 15) is 14.7 Å². The largest absolute Gasteiger partial charge is 0.503 e. The number of Topliss-reactive ketones (excluding diaryl/α,β-unsaturated/α-hetero) is 1. The second-order valence-electron chi connectivity index (χ2n) is 7.77. The Balaban J connectivity index is 1.62. The highest BCUT2D eigenvalue weighted by molar-refractivity contribution is 7.09. The number of methoxy groups -OCH3 is 2. The Hall–Kier alpha value is -4.04. The quantitative estimate of drug-likeness (QED) is 0.365. The molecule has 2 aromatic carbocycles. The topological polar surface area (TPSA) is 89.2 Å². The van der Waals surface area contributed by atoms with Crippen molar-refractivity contribution in [3.05, 3.63) is 93.6 Å². The number of fused-ring (bicyclic) bond motifs is 1. The van der Waals surface area contributed by atoms with Crippen molar-refractivity contribution in [1.82, 2.24) is 4.90 Å². The van der Waals surface area contributed by atoms with Gasteiger partial charge in [-0.05, 0) is 41.3 Å². The van der Waals surface area contributed by atoms with Crippen LogP contribution in [0.4, 0.5) is 0 Å². The molecule has 0 aliphatic carbocycles. The van der Waals surface area contributed by atoms with Crippen molar-refractivity contribution in [2.24, 2.45) is 0 Å². The van der Waals surface area contributed by atoms with Gasteiger partial charge in [0, 0.05) is 10.3 Å². The average molecular weight is 476 g/mol. The zero-order valence-corrected chi connectivity index (χ0v) is 19.3. The summed E-state index contributed by atoms with van der Waals surface area (Å²) >= 11 is 1.49. The molecule has 3 heterocycles. The predicted octanol–water partition coefficient (Wildman–Crippen LogP) is 5.29. The molecule has 172 valence electrons. The molecule has 8 heteroatoms. The Morgan fingerprint density at radius 3 is 2.65 bits per heavy atom. The van der Waals surface area contributed by atoms with Crippen LogP contribution in [0.2, 0.25) is 0 Å². The summed E-state index contributed by atoms with van der Waals surface area (Å²) in [7, 11) is 3.06. The Labute approximate surface area is 199 Å². The first-order valence-corrected chi connectivity index (χ1v) is 11.4. The molecular weight excluding hydrogens is 454 g/mol. The van der Waals surface area contributed by atoms with Crippen molar-refractivity contribution in [2.45, 2.75) is 12.6 Å². The number of nitrogens with zero attached hydrogens (tertiary/aromatic N) is 1. The maximum atomic E-state index is 13.7. The van der Waals surface area contributed by atoms with Crippen LogP contribution in [0.15, 0.2) is 81.8 Å². The van der Waals surface area contributed by atoms with Crippen LogP contribution in [0.3, 0.4) is 0 Å². The average Bonchev–Trinajstić information content (AvgIpc) is 3.59. The van der Waals surface area contributed by atoms with E-state index in [0.717, 1.165) is 4.88 Å². The fraction of sp³-hybridized carbons (Fsp3) is 0.154. The molecule has 0 spiro atoms. The van der Waals surface area contributed by atoms with Gasteiger partial charge in [0.05, 0.1) is 32.4 Å². The maximum absolute atomic E-state index is 13.7. The van der Waals surface area contributed by atoms with Crippen molar-refractivity contribution in [1.29, 1.82) is 0 Å². The van der Waals surface area contributed by atoms with E-state index in [4.69, 9.17) is 13.9 Å². The second kappa shape index (κ2) is 8.72. The van der Waals surface area contributed by atoms with Crippen molar-refractivity contribution < 1.29 is 28.6 Å². The summed E-state index contributed by atoms with van der Waals surface area (Å²) in [5.41, 5.74) is 1.03. The highest BCUT2D eigenvalue weighted by Crippen LogP contribution is 2.42. The van der Waals surface area contributed by atoms with Gasteiger partial charge in [-0.3, -0.25) is 9.59 Å². The third kappa shape index (κ3) is 3.62. The third-order valence-corrected chi connectivity index (χ3v) is 6.68. The standard InChI is InChI=1S/C26H21NO6S/c1-31-17-8-3-6-15(12-17)22-21(24(29)26(30)27(22)14-18-9-5-11-34-18)23(28)20-13-16-7-4-10-19(32-2)25(16)33-20/h3-13,22,29H,14H2,1-2H3. The number of amides is 1. The van der Waals surface area contributed by atoms with Gasteiger partial charge in [-0.25, -0.2) is 0 Å². The van der Waals surface area contributed by atoms with Crippen LogP contribution in [0.25, 0.3) is 11.0 Å². The Bertz CT molecular complexity index is 1420. The molecule has 0 saturated carbocycles. The fourth-order valence-electron chi connectivity index (χ4n) is 4.22. The van der Waals surface area contributed by atoms with Gasteiger partial charge in [0.15, 0.2) is 22.9 Å². The number of carbonyl (C=O) groups excluding carboxylic acids is 2. The summed E-state index contributed by atoms with van der Waals surface area (Å²) in [4.78, 5) is 29.3. The molecule has 2 aromatic heterocycles. The van der Waals surface area contributed by atoms with Gasteiger partial charge >= 0.3 is 0 Å². The van der Waals surface area contributed by atoms with E-state index in [2.05, 4.69) is 0 Å². The lowest BCUT2D eigenvalue weighted by Crippen LogP contribution is -2.30. The minimum atomic E-state index is -0.813. The number of hydrogen-bond acceptors (Lipinski definition) is 7. The number of aliphatic hydroxyl groups is 1. The number of rotatable bonds is 7. The molecule has 5 rings (SSSR count). The summed E-state index contributed by atoms with van der Waals surface area (Å²) in [6, 6.07) is 17.0. The first kappa shape index (κ1) is 21.8. The summed E-state index contributed by atoms with van der Waals surface area (Å²) in [5.74, 6) is -0.681. The maximum Gasteiger partial charge on any atom is 0.290 e. The van der Waals surface area contributed by atoms with Gasteiger partial charge < -0.3 is 23.9 Å². The van der Waals surface area contributed by atoms with Crippen LogP contribution in [0, 0.1) is 0 Å². The number of furan rings is 1. The second-order valence-corrected chi connectivity index (χ2v) is 8.80. The lowest BCUT2D eigenvalue weighted by molar-refractivity contribution is -0.130.